The summed E-state index contributed by atoms with van der Waals surface area (Å²) in [5.74, 6) is 0.992. The molecule has 2 aliphatic heterocycles. The number of hydrogen-bond donors (Lipinski definition) is 2. The van der Waals surface area contributed by atoms with E-state index in [2.05, 4.69) is 10.6 Å². The molecule has 0 bridgehead atoms. The molecule has 0 aliphatic carbocycles. The van der Waals surface area contributed by atoms with Gasteiger partial charge >= 0.3 is 0 Å². The lowest BCUT2D eigenvalue weighted by Crippen LogP contribution is -2.24. The molecule has 24 heavy (non-hydrogen) atoms. The van der Waals surface area contributed by atoms with E-state index in [1.807, 2.05) is 18.2 Å². The minimum Gasteiger partial charge on any atom is -0.486 e. The summed E-state index contributed by atoms with van der Waals surface area (Å²) in [6.07, 6.45) is 0.178. The molecule has 2 aromatic carbocycles. The highest BCUT2D eigenvalue weighted by Crippen LogP contribution is 2.33. The van der Waals surface area contributed by atoms with Gasteiger partial charge < -0.3 is 20.1 Å². The second-order valence-corrected chi connectivity index (χ2v) is 5.72. The van der Waals surface area contributed by atoms with E-state index in [4.69, 9.17) is 9.47 Å². The number of hydrogen-bond acceptors (Lipinski definition) is 4. The number of amides is 2. The third kappa shape index (κ3) is 2.67. The zero-order chi connectivity index (χ0) is 16.5. The van der Waals surface area contributed by atoms with Crippen molar-refractivity contribution in [2.75, 3.05) is 18.5 Å². The van der Waals surface area contributed by atoms with E-state index in [0.717, 1.165) is 5.56 Å². The summed E-state index contributed by atoms with van der Waals surface area (Å²) >= 11 is 0. The molecule has 0 saturated heterocycles. The lowest BCUT2D eigenvalue weighted by Gasteiger charge is -2.19. The van der Waals surface area contributed by atoms with E-state index in [9.17, 15) is 9.59 Å². The first-order chi connectivity index (χ1) is 11.7. The number of rotatable bonds is 3. The molecule has 0 aromatic heterocycles. The van der Waals surface area contributed by atoms with Gasteiger partial charge in [0.2, 0.25) is 5.91 Å². The first-order valence-electron chi connectivity index (χ1n) is 7.80. The Hall–Kier alpha value is -3.02. The molecule has 4 rings (SSSR count). The van der Waals surface area contributed by atoms with Gasteiger partial charge in [0.15, 0.2) is 11.5 Å². The summed E-state index contributed by atoms with van der Waals surface area (Å²) in [6.45, 7) is 1.02. The van der Waals surface area contributed by atoms with Gasteiger partial charge in [0.25, 0.3) is 5.91 Å². The van der Waals surface area contributed by atoms with Gasteiger partial charge in [-0.05, 0) is 23.8 Å². The first kappa shape index (κ1) is 14.6. The number of anilines is 1. The maximum absolute atomic E-state index is 12.3. The maximum atomic E-state index is 12.3. The van der Waals surface area contributed by atoms with Crippen molar-refractivity contribution in [3.63, 3.8) is 0 Å². The first-order valence-corrected chi connectivity index (χ1v) is 7.80. The molecule has 0 spiro atoms. The van der Waals surface area contributed by atoms with Gasteiger partial charge in [-0.2, -0.15) is 0 Å². The van der Waals surface area contributed by atoms with Crippen molar-refractivity contribution in [3.8, 4) is 11.5 Å². The van der Waals surface area contributed by atoms with Gasteiger partial charge in [-0.25, -0.2) is 0 Å². The predicted molar refractivity (Wildman–Crippen MR) is 87.3 cm³/mol. The van der Waals surface area contributed by atoms with Crippen LogP contribution in [0.25, 0.3) is 0 Å². The summed E-state index contributed by atoms with van der Waals surface area (Å²) in [5, 5.41) is 5.68. The number of ether oxygens (including phenoxy) is 2. The van der Waals surface area contributed by atoms with E-state index in [1.165, 1.54) is 0 Å². The Morgan fingerprint density at radius 1 is 1.12 bits per heavy atom. The molecule has 0 radical (unpaired) electrons. The Labute approximate surface area is 138 Å². The number of benzene rings is 2. The summed E-state index contributed by atoms with van der Waals surface area (Å²) in [5.41, 5.74) is 2.14. The molecule has 0 fully saturated rings. The summed E-state index contributed by atoms with van der Waals surface area (Å²) in [7, 11) is 0. The van der Waals surface area contributed by atoms with Gasteiger partial charge in [-0.3, -0.25) is 9.59 Å². The third-order valence-corrected chi connectivity index (χ3v) is 4.10. The number of carbonyl (C=O) groups is 2. The Morgan fingerprint density at radius 3 is 2.79 bits per heavy atom. The number of nitrogens with one attached hydrogen (secondary N) is 2. The van der Waals surface area contributed by atoms with Crippen LogP contribution >= 0.6 is 0 Å². The predicted octanol–water partition coefficient (Wildman–Crippen LogP) is 2.27. The molecule has 1 atom stereocenters. The SMILES string of the molecule is O=C(CC1NC(=O)c2ccccc21)Nc1ccc2c(c1)OCCO2. The van der Waals surface area contributed by atoms with Crippen molar-refractivity contribution in [1.82, 2.24) is 5.32 Å². The van der Waals surface area contributed by atoms with Gasteiger partial charge in [0.1, 0.15) is 13.2 Å². The molecular weight excluding hydrogens is 308 g/mol. The smallest absolute Gasteiger partial charge is 0.252 e. The molecule has 2 heterocycles. The van der Waals surface area contributed by atoms with Crippen LogP contribution in [0.2, 0.25) is 0 Å². The van der Waals surface area contributed by atoms with Crippen molar-refractivity contribution < 1.29 is 19.1 Å². The van der Waals surface area contributed by atoms with Gasteiger partial charge in [0.05, 0.1) is 12.5 Å². The highest BCUT2D eigenvalue weighted by atomic mass is 16.6. The average Bonchev–Trinajstić information content (AvgIpc) is 2.91. The fraction of sp³-hybridized carbons (Fsp3) is 0.222. The second-order valence-electron chi connectivity index (χ2n) is 5.72. The van der Waals surface area contributed by atoms with E-state index in [0.29, 0.717) is 36.0 Å². The minimum atomic E-state index is -0.300. The van der Waals surface area contributed by atoms with Crippen LogP contribution < -0.4 is 20.1 Å². The van der Waals surface area contributed by atoms with Crippen molar-refractivity contribution in [1.29, 1.82) is 0 Å². The Morgan fingerprint density at radius 2 is 1.92 bits per heavy atom. The fourth-order valence-corrected chi connectivity index (χ4v) is 3.00. The molecule has 1 unspecified atom stereocenters. The Bertz CT molecular complexity index is 818. The molecule has 2 aliphatic rings. The van der Waals surface area contributed by atoms with E-state index < -0.39 is 0 Å². The highest BCUT2D eigenvalue weighted by Gasteiger charge is 2.29. The molecular formula is C18H16N2O4. The Balaban J connectivity index is 1.45. The van der Waals surface area contributed by atoms with E-state index in [1.54, 1.807) is 24.3 Å². The lowest BCUT2D eigenvalue weighted by molar-refractivity contribution is -0.116. The van der Waals surface area contributed by atoms with Crippen LogP contribution in [0.5, 0.6) is 11.5 Å². The van der Waals surface area contributed by atoms with Crippen LogP contribution in [0.1, 0.15) is 28.4 Å². The molecule has 0 saturated carbocycles. The summed E-state index contributed by atoms with van der Waals surface area (Å²) in [4.78, 5) is 24.2. The molecule has 6 nitrogen and oxygen atoms in total. The molecule has 2 N–H and O–H groups in total. The lowest BCUT2D eigenvalue weighted by atomic mass is 10.0. The van der Waals surface area contributed by atoms with E-state index in [-0.39, 0.29) is 24.3 Å². The van der Waals surface area contributed by atoms with Crippen LogP contribution in [-0.2, 0) is 4.79 Å². The van der Waals surface area contributed by atoms with Crippen molar-refractivity contribution in [3.05, 3.63) is 53.6 Å². The van der Waals surface area contributed by atoms with Crippen molar-refractivity contribution in [2.24, 2.45) is 0 Å². The molecule has 6 heteroatoms. The highest BCUT2D eigenvalue weighted by molar-refractivity contribution is 6.00. The minimum absolute atomic E-state index is 0.136. The average molecular weight is 324 g/mol. The van der Waals surface area contributed by atoms with Crippen LogP contribution in [0.15, 0.2) is 42.5 Å². The van der Waals surface area contributed by atoms with Gasteiger partial charge in [-0.1, -0.05) is 18.2 Å². The molecule has 2 aromatic rings. The topological polar surface area (TPSA) is 76.7 Å². The van der Waals surface area contributed by atoms with Crippen LogP contribution in [-0.4, -0.2) is 25.0 Å². The normalized spacial score (nSPS) is 17.8. The third-order valence-electron chi connectivity index (χ3n) is 4.10. The molecule has 122 valence electrons. The summed E-state index contributed by atoms with van der Waals surface area (Å²) < 4.78 is 11.0. The van der Waals surface area contributed by atoms with Crippen LogP contribution in [0.3, 0.4) is 0 Å². The van der Waals surface area contributed by atoms with Crippen LogP contribution in [0.4, 0.5) is 5.69 Å². The monoisotopic (exact) mass is 324 g/mol. The second kappa shape index (κ2) is 5.88. The summed E-state index contributed by atoms with van der Waals surface area (Å²) in [6, 6.07) is 12.3. The largest absolute Gasteiger partial charge is 0.486 e. The van der Waals surface area contributed by atoms with Crippen LogP contribution in [0, 0.1) is 0 Å². The Kier molecular flexibility index (Phi) is 3.57. The standard InChI is InChI=1S/C18H16N2O4/c21-17(10-14-12-3-1-2-4-13(12)18(22)20-14)19-11-5-6-15-16(9-11)24-8-7-23-15/h1-6,9,14H,7-8,10H2,(H,19,21)(H,20,22). The number of fused-ring (bicyclic) bond motifs is 2. The van der Waals surface area contributed by atoms with Gasteiger partial charge in [0, 0.05) is 17.3 Å². The van der Waals surface area contributed by atoms with E-state index >= 15 is 0 Å². The molecule has 2 amide bonds. The zero-order valence-electron chi connectivity index (χ0n) is 12.9. The van der Waals surface area contributed by atoms with Crippen molar-refractivity contribution in [2.45, 2.75) is 12.5 Å². The van der Waals surface area contributed by atoms with Gasteiger partial charge in [-0.15, -0.1) is 0 Å². The number of carbonyl (C=O) groups excluding carboxylic acids is 2. The maximum Gasteiger partial charge on any atom is 0.252 e. The van der Waals surface area contributed by atoms with Crippen molar-refractivity contribution >= 4 is 17.5 Å². The fourth-order valence-electron chi connectivity index (χ4n) is 3.00. The quantitative estimate of drug-likeness (QED) is 0.908. The zero-order valence-corrected chi connectivity index (χ0v) is 12.9.